The van der Waals surface area contributed by atoms with Crippen LogP contribution in [0.3, 0.4) is 0 Å². The lowest BCUT2D eigenvalue weighted by molar-refractivity contribution is 0.0430. The molecular formula is C20H26BrNO5. The van der Waals surface area contributed by atoms with E-state index in [1.165, 1.54) is 0 Å². The smallest absolute Gasteiger partial charge is 0.424 e. The van der Waals surface area contributed by atoms with E-state index in [-0.39, 0.29) is 5.78 Å². The number of nitrogens with zero attached hydrogens (tertiary/aromatic N) is 1. The summed E-state index contributed by atoms with van der Waals surface area (Å²) in [6.07, 6.45) is 0.272. The molecule has 2 amide bonds. The number of ether oxygens (including phenoxy) is 2. The molecule has 2 rings (SSSR count). The van der Waals surface area contributed by atoms with Gasteiger partial charge < -0.3 is 9.47 Å². The van der Waals surface area contributed by atoms with Gasteiger partial charge in [0.2, 0.25) is 0 Å². The minimum absolute atomic E-state index is 0.0516. The summed E-state index contributed by atoms with van der Waals surface area (Å²) in [5.74, 6) is 0.0516. The molecule has 0 atom stereocenters. The molecule has 6 nitrogen and oxygen atoms in total. The third kappa shape index (κ3) is 5.54. The van der Waals surface area contributed by atoms with E-state index in [1.54, 1.807) is 53.7 Å². The van der Waals surface area contributed by atoms with E-state index in [0.717, 1.165) is 16.9 Å². The van der Waals surface area contributed by atoms with Crippen molar-refractivity contribution in [1.29, 1.82) is 0 Å². The number of benzene rings is 1. The normalized spacial score (nSPS) is 14.4. The number of imide groups is 1. The van der Waals surface area contributed by atoms with E-state index in [4.69, 9.17) is 9.47 Å². The van der Waals surface area contributed by atoms with Crippen molar-refractivity contribution in [3.05, 3.63) is 27.7 Å². The van der Waals surface area contributed by atoms with Crippen LogP contribution in [0.15, 0.2) is 16.6 Å². The first-order valence-corrected chi connectivity index (χ1v) is 9.69. The number of aryl methyl sites for hydroxylation is 1. The molecule has 0 fully saturated rings. The zero-order chi connectivity index (χ0) is 20.6. The summed E-state index contributed by atoms with van der Waals surface area (Å²) in [7, 11) is 0. The van der Waals surface area contributed by atoms with Gasteiger partial charge >= 0.3 is 12.2 Å². The van der Waals surface area contributed by atoms with E-state index in [0.29, 0.717) is 28.6 Å². The molecule has 1 aliphatic carbocycles. The molecule has 1 aromatic rings. The van der Waals surface area contributed by atoms with Crippen molar-refractivity contribution in [2.75, 3.05) is 4.90 Å². The van der Waals surface area contributed by atoms with Crippen LogP contribution in [0.25, 0.3) is 0 Å². The minimum atomic E-state index is -0.828. The Bertz CT molecular complexity index is 746. The van der Waals surface area contributed by atoms with E-state index < -0.39 is 23.4 Å². The van der Waals surface area contributed by atoms with Gasteiger partial charge in [-0.3, -0.25) is 4.79 Å². The number of ketones is 1. The Balaban J connectivity index is 2.50. The molecule has 0 N–H and O–H groups in total. The second kappa shape index (κ2) is 7.62. The Labute approximate surface area is 168 Å². The van der Waals surface area contributed by atoms with Gasteiger partial charge in [0.1, 0.15) is 11.2 Å². The molecule has 0 saturated heterocycles. The summed E-state index contributed by atoms with van der Waals surface area (Å²) >= 11 is 3.41. The van der Waals surface area contributed by atoms with Crippen LogP contribution in [0.2, 0.25) is 0 Å². The first-order chi connectivity index (χ1) is 12.3. The summed E-state index contributed by atoms with van der Waals surface area (Å²) in [5, 5.41) is 0. The lowest BCUT2D eigenvalue weighted by atomic mass is 9.90. The summed E-state index contributed by atoms with van der Waals surface area (Å²) in [5.41, 5.74) is 0.155. The van der Waals surface area contributed by atoms with Crippen molar-refractivity contribution >= 4 is 39.6 Å². The zero-order valence-corrected chi connectivity index (χ0v) is 18.2. The molecule has 0 bridgehead atoms. The molecule has 0 spiro atoms. The number of anilines is 1. The lowest BCUT2D eigenvalue weighted by Gasteiger charge is -2.29. The van der Waals surface area contributed by atoms with Gasteiger partial charge in [-0.15, -0.1) is 0 Å². The molecule has 1 aromatic carbocycles. The highest BCUT2D eigenvalue weighted by molar-refractivity contribution is 9.10. The van der Waals surface area contributed by atoms with Gasteiger partial charge in [0.05, 0.1) is 5.69 Å². The fourth-order valence-electron chi connectivity index (χ4n) is 2.75. The average Bonchev–Trinajstić information content (AvgIpc) is 2.42. The lowest BCUT2D eigenvalue weighted by Crippen LogP contribution is -2.44. The van der Waals surface area contributed by atoms with Crippen LogP contribution in [-0.4, -0.2) is 29.2 Å². The Morgan fingerprint density at radius 1 is 0.963 bits per heavy atom. The Hall–Kier alpha value is -1.89. The van der Waals surface area contributed by atoms with Crippen molar-refractivity contribution in [2.45, 2.75) is 72.0 Å². The van der Waals surface area contributed by atoms with Crippen molar-refractivity contribution in [3.63, 3.8) is 0 Å². The van der Waals surface area contributed by atoms with Crippen LogP contribution in [0.5, 0.6) is 0 Å². The highest BCUT2D eigenvalue weighted by Crippen LogP contribution is 2.34. The van der Waals surface area contributed by atoms with Crippen molar-refractivity contribution < 1.29 is 23.9 Å². The maximum absolute atomic E-state index is 12.8. The van der Waals surface area contributed by atoms with Gasteiger partial charge in [-0.05, 0) is 88.0 Å². The van der Waals surface area contributed by atoms with Crippen LogP contribution in [-0.2, 0) is 15.9 Å². The van der Waals surface area contributed by atoms with Crippen LogP contribution in [0, 0.1) is 0 Å². The van der Waals surface area contributed by atoms with Gasteiger partial charge in [0, 0.05) is 16.5 Å². The van der Waals surface area contributed by atoms with Crippen LogP contribution < -0.4 is 4.90 Å². The third-order valence-electron chi connectivity index (χ3n) is 3.70. The standard InChI is InChI=1S/C20H26BrNO5/c1-19(2,3)26-17(24)22(18(25)27-20(4,5)6)13-10-12-8-7-9-15(23)16(12)14(21)11-13/h10-11H,7-9H2,1-6H3. The van der Waals surface area contributed by atoms with Gasteiger partial charge in [-0.25, -0.2) is 9.59 Å². The minimum Gasteiger partial charge on any atom is -0.443 e. The number of fused-ring (bicyclic) bond motifs is 1. The van der Waals surface area contributed by atoms with Gasteiger partial charge in [-0.2, -0.15) is 4.90 Å². The maximum atomic E-state index is 12.8. The number of halogens is 1. The summed E-state index contributed by atoms with van der Waals surface area (Å²) in [4.78, 5) is 38.6. The van der Waals surface area contributed by atoms with Crippen LogP contribution in [0.1, 0.15) is 70.3 Å². The second-order valence-electron chi connectivity index (χ2n) is 8.53. The number of amides is 2. The van der Waals surface area contributed by atoms with E-state index in [1.807, 2.05) is 0 Å². The van der Waals surface area contributed by atoms with Crippen molar-refractivity contribution in [3.8, 4) is 0 Å². The Morgan fingerprint density at radius 3 is 1.96 bits per heavy atom. The zero-order valence-electron chi connectivity index (χ0n) is 16.6. The van der Waals surface area contributed by atoms with E-state index >= 15 is 0 Å². The molecule has 0 aliphatic heterocycles. The predicted molar refractivity (Wildman–Crippen MR) is 106 cm³/mol. The first kappa shape index (κ1) is 21.4. The molecule has 0 saturated carbocycles. The fraction of sp³-hybridized carbons (Fsp3) is 0.550. The molecule has 1 aliphatic rings. The Kier molecular flexibility index (Phi) is 6.04. The van der Waals surface area contributed by atoms with Gasteiger partial charge in [-0.1, -0.05) is 0 Å². The molecule has 27 heavy (non-hydrogen) atoms. The third-order valence-corrected chi connectivity index (χ3v) is 4.32. The van der Waals surface area contributed by atoms with Crippen molar-refractivity contribution in [2.24, 2.45) is 0 Å². The quantitative estimate of drug-likeness (QED) is 0.565. The highest BCUT2D eigenvalue weighted by atomic mass is 79.9. The monoisotopic (exact) mass is 439 g/mol. The molecular weight excluding hydrogens is 414 g/mol. The number of rotatable bonds is 1. The number of Topliss-reactive ketones (excluding diaryl/α,β-unsaturated/α-hetero) is 1. The SMILES string of the molecule is CC(C)(C)OC(=O)N(C(=O)OC(C)(C)C)c1cc(Br)c2c(c1)CCCC2=O. The number of hydrogen-bond donors (Lipinski definition) is 0. The fourth-order valence-corrected chi connectivity index (χ4v) is 3.46. The largest absolute Gasteiger partial charge is 0.443 e. The average molecular weight is 440 g/mol. The summed E-state index contributed by atoms with van der Waals surface area (Å²) in [6.45, 7) is 10.3. The van der Waals surface area contributed by atoms with Crippen LogP contribution >= 0.6 is 15.9 Å². The summed E-state index contributed by atoms with van der Waals surface area (Å²) in [6, 6.07) is 3.26. The Morgan fingerprint density at radius 2 is 1.48 bits per heavy atom. The molecule has 148 valence electrons. The van der Waals surface area contributed by atoms with Gasteiger partial charge in [0.25, 0.3) is 0 Å². The topological polar surface area (TPSA) is 72.9 Å². The molecule has 0 unspecified atom stereocenters. The van der Waals surface area contributed by atoms with E-state index in [2.05, 4.69) is 15.9 Å². The number of carbonyl (C=O) groups excluding carboxylic acids is 3. The summed E-state index contributed by atoms with van der Waals surface area (Å²) < 4.78 is 11.4. The van der Waals surface area contributed by atoms with E-state index in [9.17, 15) is 14.4 Å². The van der Waals surface area contributed by atoms with Crippen molar-refractivity contribution in [1.82, 2.24) is 0 Å². The van der Waals surface area contributed by atoms with Crippen LogP contribution in [0.4, 0.5) is 15.3 Å². The van der Waals surface area contributed by atoms with Gasteiger partial charge in [0.15, 0.2) is 5.78 Å². The molecule has 0 radical (unpaired) electrons. The molecule has 7 heteroatoms. The highest BCUT2D eigenvalue weighted by Gasteiger charge is 2.34. The molecule has 0 aromatic heterocycles. The first-order valence-electron chi connectivity index (χ1n) is 8.90. The second-order valence-corrected chi connectivity index (χ2v) is 9.39. The maximum Gasteiger partial charge on any atom is 0.424 e. The number of hydrogen-bond acceptors (Lipinski definition) is 5. The molecule has 0 heterocycles. The predicted octanol–water partition coefficient (Wildman–Crippen LogP) is 5.64. The number of carbonyl (C=O) groups is 3.